The molecule has 2 atom stereocenters. The van der Waals surface area contributed by atoms with E-state index in [9.17, 15) is 13.2 Å². The summed E-state index contributed by atoms with van der Waals surface area (Å²) in [5.41, 5.74) is 7.46. The lowest BCUT2D eigenvalue weighted by Crippen LogP contribution is -2.34. The van der Waals surface area contributed by atoms with E-state index < -0.39 is 10.0 Å². The molecule has 1 amide bonds. The molecule has 1 aliphatic carbocycles. The number of benzene rings is 1. The number of carbonyl (C=O) groups excluding carboxylic acids is 1. The molecule has 0 saturated heterocycles. The lowest BCUT2D eigenvalue weighted by Gasteiger charge is -2.25. The molecule has 4 N–H and O–H groups in total. The molecular weight excluding hydrogens is 338 g/mol. The number of nitrogens with one attached hydrogen (secondary N) is 2. The van der Waals surface area contributed by atoms with Gasteiger partial charge in [-0.25, -0.2) is 13.1 Å². The molecule has 8 heteroatoms. The van der Waals surface area contributed by atoms with Gasteiger partial charge < -0.3 is 11.1 Å². The summed E-state index contributed by atoms with van der Waals surface area (Å²) in [5.74, 6) is -0.00696. The Labute approximate surface area is 143 Å². The van der Waals surface area contributed by atoms with E-state index in [0.717, 1.165) is 37.5 Å². The Balaban J connectivity index is 0.00000264. The van der Waals surface area contributed by atoms with Crippen LogP contribution < -0.4 is 15.8 Å². The second-order valence-electron chi connectivity index (χ2n) is 5.90. The molecule has 0 heterocycles. The Hall–Kier alpha value is -1.15. The molecule has 1 aliphatic rings. The smallest absolute Gasteiger partial charge is 0.227 e. The third-order valence-corrected chi connectivity index (χ3v) is 4.51. The summed E-state index contributed by atoms with van der Waals surface area (Å²) in [6, 6.07) is 7.26. The van der Waals surface area contributed by atoms with E-state index in [0.29, 0.717) is 5.69 Å². The third kappa shape index (κ3) is 6.87. The van der Waals surface area contributed by atoms with Gasteiger partial charge in [-0.1, -0.05) is 18.6 Å². The van der Waals surface area contributed by atoms with Gasteiger partial charge in [0.15, 0.2) is 0 Å². The van der Waals surface area contributed by atoms with Gasteiger partial charge in [0.25, 0.3) is 0 Å². The number of carbonyl (C=O) groups is 1. The standard InChI is InChI=1S/C15H23N3O3S.ClH/c1-22(20,21)17-10-11-5-7-14(8-6-11)18-15(19)12-3-2-4-13(16)9-12;/h5-8,12-13,17H,2-4,9-10,16H2,1H3,(H,18,19);1H. The van der Waals surface area contributed by atoms with E-state index in [1.54, 1.807) is 24.3 Å². The Morgan fingerprint density at radius 1 is 1.26 bits per heavy atom. The van der Waals surface area contributed by atoms with E-state index in [1.807, 2.05) is 0 Å². The van der Waals surface area contributed by atoms with Crippen molar-refractivity contribution in [2.75, 3.05) is 11.6 Å². The van der Waals surface area contributed by atoms with E-state index >= 15 is 0 Å². The Morgan fingerprint density at radius 3 is 2.48 bits per heavy atom. The van der Waals surface area contributed by atoms with Crippen molar-refractivity contribution in [2.24, 2.45) is 11.7 Å². The van der Waals surface area contributed by atoms with Gasteiger partial charge in [-0.3, -0.25) is 4.79 Å². The highest BCUT2D eigenvalue weighted by atomic mass is 35.5. The molecule has 23 heavy (non-hydrogen) atoms. The van der Waals surface area contributed by atoms with Gasteiger partial charge in [-0.05, 0) is 37.0 Å². The van der Waals surface area contributed by atoms with E-state index in [1.165, 1.54) is 0 Å². The summed E-state index contributed by atoms with van der Waals surface area (Å²) < 4.78 is 24.5. The Kier molecular flexibility index (Phi) is 7.47. The van der Waals surface area contributed by atoms with Gasteiger partial charge in [0, 0.05) is 24.2 Å². The molecule has 1 fully saturated rings. The molecule has 0 bridgehead atoms. The van der Waals surface area contributed by atoms with Crippen LogP contribution in [-0.4, -0.2) is 26.6 Å². The van der Waals surface area contributed by atoms with Crippen LogP contribution in [0.5, 0.6) is 0 Å². The van der Waals surface area contributed by atoms with Gasteiger partial charge in [0.2, 0.25) is 15.9 Å². The van der Waals surface area contributed by atoms with Crippen molar-refractivity contribution in [2.45, 2.75) is 38.3 Å². The summed E-state index contributed by atoms with van der Waals surface area (Å²) in [5, 5.41) is 2.90. The Morgan fingerprint density at radius 2 is 1.91 bits per heavy atom. The number of sulfonamides is 1. The van der Waals surface area contributed by atoms with Crippen molar-refractivity contribution in [3.05, 3.63) is 29.8 Å². The quantitative estimate of drug-likeness (QED) is 0.741. The third-order valence-electron chi connectivity index (χ3n) is 3.85. The van der Waals surface area contributed by atoms with Crippen molar-refractivity contribution in [1.82, 2.24) is 4.72 Å². The molecule has 6 nitrogen and oxygen atoms in total. The number of nitrogens with two attached hydrogens (primary N) is 1. The van der Waals surface area contributed by atoms with Crippen LogP contribution in [0.3, 0.4) is 0 Å². The second-order valence-corrected chi connectivity index (χ2v) is 7.74. The van der Waals surface area contributed by atoms with Crippen molar-refractivity contribution < 1.29 is 13.2 Å². The number of rotatable bonds is 5. The molecule has 1 saturated carbocycles. The first kappa shape index (κ1) is 19.9. The summed E-state index contributed by atoms with van der Waals surface area (Å²) in [6.45, 7) is 0.241. The van der Waals surface area contributed by atoms with Crippen LogP contribution in [0.4, 0.5) is 5.69 Å². The van der Waals surface area contributed by atoms with Gasteiger partial charge in [-0.2, -0.15) is 0 Å². The molecular formula is C15H24ClN3O3S. The van der Waals surface area contributed by atoms with Crippen molar-refractivity contribution in [3.8, 4) is 0 Å². The van der Waals surface area contributed by atoms with Crippen molar-refractivity contribution >= 4 is 34.0 Å². The molecule has 1 aromatic rings. The number of hydrogen-bond donors (Lipinski definition) is 3. The van der Waals surface area contributed by atoms with Crippen LogP contribution in [0, 0.1) is 5.92 Å². The normalized spacial score (nSPS) is 21.3. The van der Waals surface area contributed by atoms with Crippen LogP contribution in [0.25, 0.3) is 0 Å². The van der Waals surface area contributed by atoms with Crippen molar-refractivity contribution in [3.63, 3.8) is 0 Å². The first-order valence-corrected chi connectivity index (χ1v) is 9.32. The minimum absolute atomic E-state index is 0. The highest BCUT2D eigenvalue weighted by Gasteiger charge is 2.25. The summed E-state index contributed by atoms with van der Waals surface area (Å²) >= 11 is 0. The molecule has 130 valence electrons. The first-order chi connectivity index (χ1) is 10.3. The average molecular weight is 362 g/mol. The monoisotopic (exact) mass is 361 g/mol. The second kappa shape index (κ2) is 8.63. The largest absolute Gasteiger partial charge is 0.328 e. The SMILES string of the molecule is CS(=O)(=O)NCc1ccc(NC(=O)C2CCCC(N)C2)cc1.Cl. The molecule has 0 aliphatic heterocycles. The summed E-state index contributed by atoms with van der Waals surface area (Å²) in [6.07, 6.45) is 4.73. The molecule has 2 rings (SSSR count). The summed E-state index contributed by atoms with van der Waals surface area (Å²) in [4.78, 5) is 12.2. The lowest BCUT2D eigenvalue weighted by atomic mass is 9.85. The molecule has 0 aromatic heterocycles. The van der Waals surface area contributed by atoms with Crippen LogP contribution in [-0.2, 0) is 21.4 Å². The highest BCUT2D eigenvalue weighted by molar-refractivity contribution is 7.88. The average Bonchev–Trinajstić information content (AvgIpc) is 2.46. The van der Waals surface area contributed by atoms with Crippen LogP contribution in [0.15, 0.2) is 24.3 Å². The number of hydrogen-bond acceptors (Lipinski definition) is 4. The van der Waals surface area contributed by atoms with Gasteiger partial charge in [0.1, 0.15) is 0 Å². The van der Waals surface area contributed by atoms with Crippen LogP contribution >= 0.6 is 12.4 Å². The van der Waals surface area contributed by atoms with Gasteiger partial charge in [0.05, 0.1) is 6.26 Å². The maximum atomic E-state index is 12.2. The predicted octanol–water partition coefficient (Wildman–Crippen LogP) is 1.61. The fraction of sp³-hybridized carbons (Fsp3) is 0.533. The molecule has 0 radical (unpaired) electrons. The maximum absolute atomic E-state index is 12.2. The zero-order valence-corrected chi connectivity index (χ0v) is 14.8. The lowest BCUT2D eigenvalue weighted by molar-refractivity contribution is -0.120. The van der Waals surface area contributed by atoms with Crippen LogP contribution in [0.2, 0.25) is 0 Å². The number of anilines is 1. The van der Waals surface area contributed by atoms with E-state index in [2.05, 4.69) is 10.0 Å². The highest BCUT2D eigenvalue weighted by Crippen LogP contribution is 2.24. The van der Waals surface area contributed by atoms with Crippen molar-refractivity contribution in [1.29, 1.82) is 0 Å². The first-order valence-electron chi connectivity index (χ1n) is 7.43. The molecule has 2 unspecified atom stereocenters. The fourth-order valence-corrected chi connectivity index (χ4v) is 3.06. The predicted molar refractivity (Wildman–Crippen MR) is 93.9 cm³/mol. The summed E-state index contributed by atoms with van der Waals surface area (Å²) in [7, 11) is -3.20. The van der Waals surface area contributed by atoms with E-state index in [-0.39, 0.29) is 36.8 Å². The maximum Gasteiger partial charge on any atom is 0.227 e. The van der Waals surface area contributed by atoms with Crippen LogP contribution in [0.1, 0.15) is 31.2 Å². The molecule has 1 aromatic carbocycles. The number of halogens is 1. The zero-order chi connectivity index (χ0) is 16.2. The number of amides is 1. The minimum Gasteiger partial charge on any atom is -0.328 e. The zero-order valence-electron chi connectivity index (χ0n) is 13.1. The fourth-order valence-electron chi connectivity index (χ4n) is 2.63. The minimum atomic E-state index is -3.20. The topological polar surface area (TPSA) is 101 Å². The molecule has 0 spiro atoms. The van der Waals surface area contributed by atoms with E-state index in [4.69, 9.17) is 5.73 Å². The van der Waals surface area contributed by atoms with Gasteiger partial charge in [-0.15, -0.1) is 12.4 Å². The van der Waals surface area contributed by atoms with Gasteiger partial charge >= 0.3 is 0 Å². The Bertz CT molecular complexity index is 619.